The lowest BCUT2D eigenvalue weighted by atomic mass is 10.2. The number of nitrogens with zero attached hydrogens (tertiary/aromatic N) is 3. The fraction of sp³-hybridized carbons (Fsp3) is 0.250. The maximum Gasteiger partial charge on any atom is 0.242 e. The third kappa shape index (κ3) is 4.51. The normalized spacial score (nSPS) is 15.9. The summed E-state index contributed by atoms with van der Waals surface area (Å²) in [6.45, 7) is 2.12. The first kappa shape index (κ1) is 19.3. The van der Waals surface area contributed by atoms with Crippen LogP contribution in [-0.4, -0.2) is 37.5 Å². The molecular weight excluding hydrogens is 408 g/mol. The lowest BCUT2D eigenvalue weighted by molar-refractivity contribution is -0.121. The van der Waals surface area contributed by atoms with Gasteiger partial charge in [0.1, 0.15) is 5.69 Å². The molecular formula is C20H20N4OS3. The van der Waals surface area contributed by atoms with E-state index in [4.69, 9.17) is 5.10 Å². The Balaban J connectivity index is 1.52. The Morgan fingerprint density at radius 2 is 2.04 bits per heavy atom. The van der Waals surface area contributed by atoms with Gasteiger partial charge < -0.3 is 0 Å². The molecule has 3 aromatic rings. The Morgan fingerprint density at radius 1 is 1.25 bits per heavy atom. The molecule has 1 N–H and O–H groups in total. The average Bonchev–Trinajstić information content (AvgIpc) is 3.43. The van der Waals surface area contributed by atoms with Crippen molar-refractivity contribution in [2.24, 2.45) is 5.10 Å². The van der Waals surface area contributed by atoms with E-state index in [1.165, 1.54) is 0 Å². The number of hydrazone groups is 1. The van der Waals surface area contributed by atoms with Gasteiger partial charge in [-0.05, 0) is 30.5 Å². The van der Waals surface area contributed by atoms with Gasteiger partial charge in [0.2, 0.25) is 5.91 Å². The van der Waals surface area contributed by atoms with Gasteiger partial charge in [-0.1, -0.05) is 24.3 Å². The van der Waals surface area contributed by atoms with E-state index in [2.05, 4.69) is 17.5 Å². The summed E-state index contributed by atoms with van der Waals surface area (Å²) in [6, 6.07) is 14.0. The predicted molar refractivity (Wildman–Crippen MR) is 121 cm³/mol. The number of hydrogen-bond acceptors (Lipinski definition) is 6. The molecule has 1 aliphatic heterocycles. The summed E-state index contributed by atoms with van der Waals surface area (Å²) in [5.41, 5.74) is 5.37. The van der Waals surface area contributed by atoms with E-state index < -0.39 is 0 Å². The number of aromatic nitrogens is 2. The van der Waals surface area contributed by atoms with Crippen LogP contribution in [0, 0.1) is 0 Å². The van der Waals surface area contributed by atoms with Gasteiger partial charge in [-0.25, -0.2) is 10.1 Å². The average molecular weight is 429 g/mol. The number of carbonyl (C=O) groups is 1. The van der Waals surface area contributed by atoms with Crippen molar-refractivity contribution in [3.05, 3.63) is 59.6 Å². The maximum absolute atomic E-state index is 12.3. The molecule has 0 spiro atoms. The van der Waals surface area contributed by atoms with Crippen LogP contribution in [-0.2, 0) is 4.79 Å². The number of nitrogens with one attached hydrogen (secondary N) is 1. The molecule has 4 rings (SSSR count). The second-order valence-electron chi connectivity index (χ2n) is 6.49. The van der Waals surface area contributed by atoms with Gasteiger partial charge >= 0.3 is 0 Å². The van der Waals surface area contributed by atoms with Gasteiger partial charge in [0.15, 0.2) is 0 Å². The van der Waals surface area contributed by atoms with Gasteiger partial charge in [0.05, 0.1) is 27.3 Å². The van der Waals surface area contributed by atoms with E-state index in [0.717, 1.165) is 33.3 Å². The predicted octanol–water partition coefficient (Wildman–Crippen LogP) is 4.64. The van der Waals surface area contributed by atoms with Crippen molar-refractivity contribution in [2.45, 2.75) is 17.4 Å². The summed E-state index contributed by atoms with van der Waals surface area (Å²) in [4.78, 5) is 13.3. The van der Waals surface area contributed by atoms with Gasteiger partial charge in [-0.15, -0.1) is 34.9 Å². The highest BCUT2D eigenvalue weighted by Crippen LogP contribution is 2.45. The molecule has 1 aromatic carbocycles. The molecule has 0 aliphatic carbocycles. The molecule has 3 heterocycles. The number of amides is 1. The van der Waals surface area contributed by atoms with Crippen LogP contribution in [0.25, 0.3) is 16.3 Å². The third-order valence-corrected chi connectivity index (χ3v) is 8.46. The fourth-order valence-electron chi connectivity index (χ4n) is 2.96. The first-order chi connectivity index (χ1) is 13.6. The number of benzene rings is 1. The van der Waals surface area contributed by atoms with E-state index in [1.54, 1.807) is 17.6 Å². The minimum absolute atomic E-state index is 0.0417. The zero-order valence-electron chi connectivity index (χ0n) is 15.4. The highest BCUT2D eigenvalue weighted by atomic mass is 32.2. The molecule has 8 heteroatoms. The maximum atomic E-state index is 12.3. The number of para-hydroxylation sites is 1. The van der Waals surface area contributed by atoms with Crippen LogP contribution in [0.3, 0.4) is 0 Å². The lowest BCUT2D eigenvalue weighted by Crippen LogP contribution is -2.26. The fourth-order valence-corrected chi connectivity index (χ4v) is 6.52. The second kappa shape index (κ2) is 8.55. The molecule has 5 nitrogen and oxygen atoms in total. The van der Waals surface area contributed by atoms with Crippen LogP contribution in [0.4, 0.5) is 0 Å². The van der Waals surface area contributed by atoms with Crippen LogP contribution >= 0.6 is 34.9 Å². The van der Waals surface area contributed by atoms with Gasteiger partial charge in [-0.2, -0.15) is 10.2 Å². The zero-order valence-corrected chi connectivity index (χ0v) is 17.8. The largest absolute Gasteiger partial charge is 0.273 e. The van der Waals surface area contributed by atoms with Gasteiger partial charge in [-0.3, -0.25) is 4.79 Å². The van der Waals surface area contributed by atoms with E-state index in [9.17, 15) is 4.79 Å². The summed E-state index contributed by atoms with van der Waals surface area (Å²) in [5.74, 6) is 2.13. The smallest absolute Gasteiger partial charge is 0.242 e. The van der Waals surface area contributed by atoms with Gasteiger partial charge in [0.25, 0.3) is 0 Å². The SMILES string of the molecule is CC1(CC(=O)NN=Cc2cn(-c3ccccc3)nc2-c2cccs2)SCCS1. The number of rotatable bonds is 6. The minimum atomic E-state index is -0.0613. The Kier molecular flexibility index (Phi) is 5.89. The van der Waals surface area contributed by atoms with Crippen LogP contribution < -0.4 is 5.43 Å². The van der Waals surface area contributed by atoms with Crippen LogP contribution in [0.1, 0.15) is 18.9 Å². The van der Waals surface area contributed by atoms with Crippen molar-refractivity contribution in [1.29, 1.82) is 0 Å². The Hall–Kier alpha value is -2.03. The molecule has 2 aromatic heterocycles. The topological polar surface area (TPSA) is 59.3 Å². The van der Waals surface area contributed by atoms with Crippen molar-refractivity contribution >= 4 is 47.0 Å². The van der Waals surface area contributed by atoms with Crippen molar-refractivity contribution in [3.63, 3.8) is 0 Å². The summed E-state index contributed by atoms with van der Waals surface area (Å²) in [7, 11) is 0. The van der Waals surface area contributed by atoms with E-state index >= 15 is 0 Å². The first-order valence-electron chi connectivity index (χ1n) is 8.92. The van der Waals surface area contributed by atoms with Crippen LogP contribution in [0.2, 0.25) is 0 Å². The summed E-state index contributed by atoms with van der Waals surface area (Å²) >= 11 is 5.31. The lowest BCUT2D eigenvalue weighted by Gasteiger charge is -2.19. The molecule has 1 amide bonds. The molecule has 0 radical (unpaired) electrons. The summed E-state index contributed by atoms with van der Waals surface area (Å²) < 4.78 is 1.80. The first-order valence-corrected chi connectivity index (χ1v) is 11.8. The Bertz CT molecular complexity index is 961. The molecule has 0 atom stereocenters. The standard InChI is InChI=1S/C20H20N4OS3/c1-20(27-10-11-28-20)12-18(25)22-21-13-15-14-24(16-6-3-2-4-7-16)23-19(15)17-8-5-9-26-17/h2-9,13-14H,10-12H2,1H3,(H,22,25). The Labute approximate surface area is 176 Å². The van der Waals surface area contributed by atoms with E-state index in [0.29, 0.717) is 6.42 Å². The highest BCUT2D eigenvalue weighted by Gasteiger charge is 2.32. The summed E-state index contributed by atoms with van der Waals surface area (Å²) in [5, 5.41) is 11.0. The third-order valence-electron chi connectivity index (χ3n) is 4.29. The van der Waals surface area contributed by atoms with Crippen molar-refractivity contribution in [3.8, 4) is 16.3 Å². The monoisotopic (exact) mass is 428 g/mol. The molecule has 1 aliphatic rings. The molecule has 1 saturated heterocycles. The van der Waals surface area contributed by atoms with Crippen LogP contribution in [0.15, 0.2) is 59.1 Å². The van der Waals surface area contributed by atoms with E-state index in [-0.39, 0.29) is 9.99 Å². The quantitative estimate of drug-likeness (QED) is 0.459. The summed E-state index contributed by atoms with van der Waals surface area (Å²) in [6.07, 6.45) is 4.07. The van der Waals surface area contributed by atoms with E-state index in [1.807, 2.05) is 82.2 Å². The number of thiophene rings is 1. The zero-order chi connectivity index (χ0) is 19.4. The van der Waals surface area contributed by atoms with Crippen molar-refractivity contribution in [2.75, 3.05) is 11.5 Å². The highest BCUT2D eigenvalue weighted by molar-refractivity contribution is 8.21. The number of thioether (sulfide) groups is 2. The van der Waals surface area contributed by atoms with Crippen molar-refractivity contribution in [1.82, 2.24) is 15.2 Å². The second-order valence-corrected chi connectivity index (χ2v) is 10.9. The molecule has 0 unspecified atom stereocenters. The molecule has 28 heavy (non-hydrogen) atoms. The molecule has 0 bridgehead atoms. The minimum Gasteiger partial charge on any atom is -0.273 e. The molecule has 0 saturated carbocycles. The van der Waals surface area contributed by atoms with Crippen LogP contribution in [0.5, 0.6) is 0 Å². The molecule has 144 valence electrons. The van der Waals surface area contributed by atoms with Gasteiger partial charge in [0, 0.05) is 23.3 Å². The molecule has 1 fully saturated rings. The number of hydrogen-bond donors (Lipinski definition) is 1. The van der Waals surface area contributed by atoms with Crippen molar-refractivity contribution < 1.29 is 4.79 Å². The Morgan fingerprint density at radius 3 is 2.75 bits per heavy atom. The number of carbonyl (C=O) groups excluding carboxylic acids is 1.